The van der Waals surface area contributed by atoms with Crippen molar-refractivity contribution < 1.29 is 13.2 Å². The molecule has 2 aromatic rings. The molecular formula is C14H13F3N4S3. The highest BCUT2D eigenvalue weighted by Crippen LogP contribution is 2.22. The predicted molar refractivity (Wildman–Crippen MR) is 90.3 cm³/mol. The molecule has 0 N–H and O–H groups in total. The monoisotopic (exact) mass is 390 g/mol. The Balaban J connectivity index is 2.18. The van der Waals surface area contributed by atoms with E-state index in [4.69, 9.17) is 17.5 Å². The zero-order valence-electron chi connectivity index (χ0n) is 12.6. The van der Waals surface area contributed by atoms with E-state index >= 15 is 0 Å². The second-order valence-electron chi connectivity index (χ2n) is 4.89. The molecule has 0 aliphatic rings. The van der Waals surface area contributed by atoms with Crippen LogP contribution in [0.25, 0.3) is 0 Å². The summed E-state index contributed by atoms with van der Waals surface area (Å²) in [6.45, 7) is -1.03. The fourth-order valence-corrected chi connectivity index (χ4v) is 3.74. The zero-order chi connectivity index (χ0) is 17.7. The molecule has 0 unspecified atom stereocenters. The molecule has 24 heavy (non-hydrogen) atoms. The molecule has 0 saturated carbocycles. The van der Waals surface area contributed by atoms with E-state index < -0.39 is 12.7 Å². The fraction of sp³-hybridized carbons (Fsp3) is 0.357. The van der Waals surface area contributed by atoms with Crippen molar-refractivity contribution in [2.24, 2.45) is 0 Å². The molecule has 0 bridgehead atoms. The van der Waals surface area contributed by atoms with E-state index in [1.54, 1.807) is 24.3 Å². The number of nitriles is 1. The number of hydrogen-bond donors (Lipinski definition) is 0. The maximum atomic E-state index is 12.9. The van der Waals surface area contributed by atoms with E-state index in [-0.39, 0.29) is 13.2 Å². The first-order chi connectivity index (χ1) is 11.3. The van der Waals surface area contributed by atoms with Crippen molar-refractivity contribution in [2.45, 2.75) is 23.7 Å². The average molecular weight is 390 g/mol. The van der Waals surface area contributed by atoms with E-state index in [0.29, 0.717) is 19.4 Å². The molecule has 0 atom stereocenters. The number of alkyl halides is 3. The van der Waals surface area contributed by atoms with Crippen molar-refractivity contribution in [1.82, 2.24) is 14.7 Å². The quantitative estimate of drug-likeness (QED) is 0.544. The summed E-state index contributed by atoms with van der Waals surface area (Å²) in [6, 6.07) is 8.45. The topological polar surface area (TPSA) is 44.9 Å². The molecule has 0 aliphatic carbocycles. The van der Waals surface area contributed by atoms with Gasteiger partial charge in [-0.2, -0.15) is 23.5 Å². The third kappa shape index (κ3) is 5.59. The normalized spacial score (nSPS) is 11.7. The lowest BCUT2D eigenvalue weighted by atomic mass is 10.1. The fourth-order valence-electron chi connectivity index (χ4n) is 2.00. The predicted octanol–water partition coefficient (Wildman–Crippen LogP) is 4.29. The molecule has 0 saturated heterocycles. The minimum Gasteiger partial charge on any atom is -0.271 e. The summed E-state index contributed by atoms with van der Waals surface area (Å²) >= 11 is 7.83. The molecule has 2 rings (SSSR count). The molecule has 1 aromatic carbocycles. The van der Waals surface area contributed by atoms with Gasteiger partial charge in [0.15, 0.2) is 8.29 Å². The Morgan fingerprint density at radius 2 is 2.04 bits per heavy atom. The van der Waals surface area contributed by atoms with Crippen LogP contribution in [0, 0.1) is 15.3 Å². The van der Waals surface area contributed by atoms with Gasteiger partial charge in [-0.25, -0.2) is 4.68 Å². The van der Waals surface area contributed by atoms with E-state index in [9.17, 15) is 13.2 Å². The number of rotatable bonds is 6. The van der Waals surface area contributed by atoms with Gasteiger partial charge in [0, 0.05) is 6.54 Å². The molecule has 10 heteroatoms. The minimum atomic E-state index is -4.33. The van der Waals surface area contributed by atoms with Crippen LogP contribution in [0.15, 0.2) is 28.6 Å². The zero-order valence-corrected chi connectivity index (χ0v) is 15.0. The maximum absolute atomic E-state index is 12.9. The lowest BCUT2D eigenvalue weighted by Crippen LogP contribution is -2.35. The average Bonchev–Trinajstić information content (AvgIpc) is 2.86. The molecule has 0 spiro atoms. The Hall–Kier alpha value is -1.41. The van der Waals surface area contributed by atoms with Gasteiger partial charge in [-0.1, -0.05) is 35.2 Å². The van der Waals surface area contributed by atoms with Gasteiger partial charge in [0.05, 0.1) is 24.8 Å². The van der Waals surface area contributed by atoms with Crippen LogP contribution in [-0.4, -0.2) is 33.7 Å². The third-order valence-electron chi connectivity index (χ3n) is 2.99. The number of benzene rings is 1. The number of thioether (sulfide) groups is 1. The Morgan fingerprint density at radius 1 is 1.38 bits per heavy atom. The van der Waals surface area contributed by atoms with Crippen molar-refractivity contribution in [3.05, 3.63) is 39.3 Å². The van der Waals surface area contributed by atoms with Crippen LogP contribution in [0.5, 0.6) is 0 Å². The van der Waals surface area contributed by atoms with Crippen molar-refractivity contribution in [3.8, 4) is 6.07 Å². The lowest BCUT2D eigenvalue weighted by Gasteiger charge is -2.23. The molecule has 0 amide bonds. The van der Waals surface area contributed by atoms with Crippen LogP contribution in [0.4, 0.5) is 13.2 Å². The molecule has 1 aromatic heterocycles. The van der Waals surface area contributed by atoms with Gasteiger partial charge in [-0.05, 0) is 36.2 Å². The Labute approximate surface area is 150 Å². The summed E-state index contributed by atoms with van der Waals surface area (Å²) in [4.78, 5) is 1.22. The van der Waals surface area contributed by atoms with Gasteiger partial charge >= 0.3 is 6.18 Å². The van der Waals surface area contributed by atoms with Crippen molar-refractivity contribution in [1.29, 1.82) is 5.26 Å². The Morgan fingerprint density at radius 3 is 2.54 bits per heavy atom. The highest BCUT2D eigenvalue weighted by molar-refractivity contribution is 8.00. The van der Waals surface area contributed by atoms with E-state index in [1.165, 1.54) is 32.7 Å². The second-order valence-corrected chi connectivity index (χ2v) is 7.57. The summed E-state index contributed by atoms with van der Waals surface area (Å²) in [7, 11) is 0. The Bertz CT molecular complexity index is 774. The first-order valence-corrected chi connectivity index (χ1v) is 9.16. The molecule has 1 heterocycles. The number of aromatic nitrogens is 2. The lowest BCUT2D eigenvalue weighted by molar-refractivity contribution is -0.151. The molecule has 0 fully saturated rings. The van der Waals surface area contributed by atoms with Crippen molar-refractivity contribution in [3.63, 3.8) is 0 Å². The van der Waals surface area contributed by atoms with Gasteiger partial charge in [-0.15, -0.1) is 0 Å². The van der Waals surface area contributed by atoms with Gasteiger partial charge in [0.2, 0.25) is 0 Å². The second kappa shape index (κ2) is 8.11. The summed E-state index contributed by atoms with van der Waals surface area (Å²) in [5.74, 6) is 0. The molecular weight excluding hydrogens is 377 g/mol. The summed E-state index contributed by atoms with van der Waals surface area (Å²) < 4.78 is 41.1. The third-order valence-corrected chi connectivity index (χ3v) is 5.27. The number of hydrogen-bond acceptors (Lipinski definition) is 6. The smallest absolute Gasteiger partial charge is 0.271 e. The number of nitrogens with zero attached hydrogens (tertiary/aromatic N) is 4. The minimum absolute atomic E-state index is 0.0462. The summed E-state index contributed by atoms with van der Waals surface area (Å²) in [6.07, 6.45) is -2.49. The highest BCUT2D eigenvalue weighted by atomic mass is 32.2. The molecule has 128 valence electrons. The van der Waals surface area contributed by atoms with Crippen LogP contribution in [0.2, 0.25) is 0 Å². The van der Waals surface area contributed by atoms with Crippen LogP contribution < -0.4 is 0 Å². The van der Waals surface area contributed by atoms with Gasteiger partial charge in [0.25, 0.3) is 0 Å². The molecule has 0 radical (unpaired) electrons. The van der Waals surface area contributed by atoms with Gasteiger partial charge in [-0.3, -0.25) is 4.90 Å². The summed E-state index contributed by atoms with van der Waals surface area (Å²) in [5, 5.41) is 13.0. The van der Waals surface area contributed by atoms with Crippen LogP contribution in [0.1, 0.15) is 11.1 Å². The van der Waals surface area contributed by atoms with Crippen LogP contribution in [0.3, 0.4) is 0 Å². The standard InChI is InChI=1S/C14H13F3N4S3/c1-23-12-19-21(13(22)24-12)9-20(8-14(15,16)17)7-11-4-2-10(6-18)3-5-11/h2-5H,7-9H2,1H3. The Kier molecular flexibility index (Phi) is 6.40. The highest BCUT2D eigenvalue weighted by Gasteiger charge is 2.31. The van der Waals surface area contributed by atoms with Crippen molar-refractivity contribution in [2.75, 3.05) is 12.8 Å². The van der Waals surface area contributed by atoms with E-state index in [1.807, 2.05) is 12.3 Å². The van der Waals surface area contributed by atoms with Crippen LogP contribution >= 0.6 is 35.3 Å². The van der Waals surface area contributed by atoms with E-state index in [2.05, 4.69) is 5.10 Å². The van der Waals surface area contributed by atoms with E-state index in [0.717, 1.165) is 0 Å². The molecule has 4 nitrogen and oxygen atoms in total. The SMILES string of the molecule is CSc1nn(CN(Cc2ccc(C#N)cc2)CC(F)(F)F)c(=S)s1. The largest absolute Gasteiger partial charge is 0.401 e. The van der Waals surface area contributed by atoms with Crippen molar-refractivity contribution >= 4 is 35.3 Å². The van der Waals surface area contributed by atoms with Gasteiger partial charge in [0.1, 0.15) is 0 Å². The molecule has 0 aliphatic heterocycles. The van der Waals surface area contributed by atoms with Crippen LogP contribution in [-0.2, 0) is 13.2 Å². The first-order valence-electron chi connectivity index (χ1n) is 6.71. The summed E-state index contributed by atoms with van der Waals surface area (Å²) in [5.41, 5.74) is 1.15. The first kappa shape index (κ1) is 18.9. The maximum Gasteiger partial charge on any atom is 0.401 e. The number of halogens is 3. The van der Waals surface area contributed by atoms with Gasteiger partial charge < -0.3 is 0 Å².